The van der Waals surface area contributed by atoms with E-state index in [1.54, 1.807) is 6.07 Å². The van der Waals surface area contributed by atoms with Gasteiger partial charge in [-0.3, -0.25) is 10.1 Å². The van der Waals surface area contributed by atoms with Crippen LogP contribution >= 0.6 is 11.6 Å². The van der Waals surface area contributed by atoms with Gasteiger partial charge in [-0.05, 0) is 43.2 Å². The standard InChI is InChI=1S/C15H20ClNO3/c1-20-14-9-11(8-13(10-14)17(18)19)6-7-15(16)12-4-2-3-5-12/h8-10,12,15H,2-7H2,1H3. The van der Waals surface area contributed by atoms with Crippen LogP contribution in [0.15, 0.2) is 18.2 Å². The predicted molar refractivity (Wildman–Crippen MR) is 79.6 cm³/mol. The first kappa shape index (κ1) is 15.1. The molecule has 0 amide bonds. The monoisotopic (exact) mass is 297 g/mol. The van der Waals surface area contributed by atoms with E-state index in [2.05, 4.69) is 0 Å². The summed E-state index contributed by atoms with van der Waals surface area (Å²) < 4.78 is 5.11. The topological polar surface area (TPSA) is 52.4 Å². The zero-order valence-corrected chi connectivity index (χ0v) is 12.4. The molecule has 1 aliphatic rings. The number of non-ortho nitro benzene ring substituents is 1. The molecule has 0 aliphatic heterocycles. The Bertz CT molecular complexity index is 472. The lowest BCUT2D eigenvalue weighted by atomic mass is 9.97. The Labute approximate surface area is 124 Å². The van der Waals surface area contributed by atoms with Crippen LogP contribution in [-0.4, -0.2) is 17.4 Å². The first-order valence-corrected chi connectivity index (χ1v) is 7.50. The summed E-state index contributed by atoms with van der Waals surface area (Å²) in [5.41, 5.74) is 0.992. The molecule has 4 nitrogen and oxygen atoms in total. The van der Waals surface area contributed by atoms with Gasteiger partial charge in [0, 0.05) is 11.4 Å². The summed E-state index contributed by atoms with van der Waals surface area (Å²) >= 11 is 6.45. The fourth-order valence-electron chi connectivity index (χ4n) is 2.87. The molecule has 1 unspecified atom stereocenters. The highest BCUT2D eigenvalue weighted by molar-refractivity contribution is 6.20. The van der Waals surface area contributed by atoms with E-state index in [0.717, 1.165) is 18.4 Å². The van der Waals surface area contributed by atoms with Crippen LogP contribution in [0.4, 0.5) is 5.69 Å². The molecule has 20 heavy (non-hydrogen) atoms. The smallest absolute Gasteiger partial charge is 0.273 e. The maximum atomic E-state index is 10.9. The molecule has 0 heterocycles. The molecule has 0 radical (unpaired) electrons. The molecule has 2 rings (SSSR count). The number of benzene rings is 1. The summed E-state index contributed by atoms with van der Waals surface area (Å²) in [7, 11) is 1.52. The minimum absolute atomic E-state index is 0.0753. The number of rotatable bonds is 6. The number of hydrogen-bond donors (Lipinski definition) is 0. The van der Waals surface area contributed by atoms with Crippen LogP contribution in [-0.2, 0) is 6.42 Å². The number of hydrogen-bond acceptors (Lipinski definition) is 3. The van der Waals surface area contributed by atoms with Crippen molar-refractivity contribution in [2.75, 3.05) is 7.11 Å². The predicted octanol–water partition coefficient (Wildman–Crippen LogP) is 4.33. The van der Waals surface area contributed by atoms with Gasteiger partial charge in [-0.25, -0.2) is 0 Å². The van der Waals surface area contributed by atoms with Crippen LogP contribution in [0.5, 0.6) is 5.75 Å². The van der Waals surface area contributed by atoms with Crippen molar-refractivity contribution in [1.82, 2.24) is 0 Å². The second-order valence-electron chi connectivity index (χ2n) is 5.40. The SMILES string of the molecule is COc1cc(CCC(Cl)C2CCCC2)cc([N+](=O)[O-])c1. The van der Waals surface area contributed by atoms with Crippen molar-refractivity contribution in [2.45, 2.75) is 43.9 Å². The molecular formula is C15H20ClNO3. The molecule has 1 atom stereocenters. The molecule has 110 valence electrons. The van der Waals surface area contributed by atoms with Gasteiger partial charge in [-0.15, -0.1) is 11.6 Å². The van der Waals surface area contributed by atoms with Crippen LogP contribution in [0.3, 0.4) is 0 Å². The van der Waals surface area contributed by atoms with Crippen molar-refractivity contribution < 1.29 is 9.66 Å². The Hall–Kier alpha value is -1.29. The van der Waals surface area contributed by atoms with E-state index in [1.807, 2.05) is 6.07 Å². The maximum absolute atomic E-state index is 10.9. The van der Waals surface area contributed by atoms with Crippen LogP contribution in [0.1, 0.15) is 37.7 Å². The Morgan fingerprint density at radius 1 is 1.40 bits per heavy atom. The highest BCUT2D eigenvalue weighted by Gasteiger charge is 2.23. The first-order valence-electron chi connectivity index (χ1n) is 7.06. The third-order valence-electron chi connectivity index (χ3n) is 4.02. The second kappa shape index (κ2) is 6.93. The largest absolute Gasteiger partial charge is 0.496 e. The molecule has 0 spiro atoms. The Morgan fingerprint density at radius 3 is 2.70 bits per heavy atom. The minimum Gasteiger partial charge on any atom is -0.496 e. The lowest BCUT2D eigenvalue weighted by Gasteiger charge is -2.16. The Balaban J connectivity index is 2.00. The average Bonchev–Trinajstić information content (AvgIpc) is 2.98. The highest BCUT2D eigenvalue weighted by atomic mass is 35.5. The number of alkyl halides is 1. The first-order chi connectivity index (χ1) is 9.60. The van der Waals surface area contributed by atoms with Gasteiger partial charge < -0.3 is 4.74 Å². The third kappa shape index (κ3) is 3.85. The number of aryl methyl sites for hydroxylation is 1. The van der Waals surface area contributed by atoms with Crippen molar-refractivity contribution in [3.8, 4) is 5.75 Å². The lowest BCUT2D eigenvalue weighted by molar-refractivity contribution is -0.385. The highest BCUT2D eigenvalue weighted by Crippen LogP contribution is 2.33. The summed E-state index contributed by atoms with van der Waals surface area (Å²) in [5, 5.41) is 11.1. The summed E-state index contributed by atoms with van der Waals surface area (Å²) in [6.07, 6.45) is 6.59. The maximum Gasteiger partial charge on any atom is 0.273 e. The molecule has 1 saturated carbocycles. The van der Waals surface area contributed by atoms with Crippen LogP contribution in [0, 0.1) is 16.0 Å². The van der Waals surface area contributed by atoms with Gasteiger partial charge in [-0.2, -0.15) is 0 Å². The molecule has 0 N–H and O–H groups in total. The second-order valence-corrected chi connectivity index (χ2v) is 5.96. The molecule has 1 aliphatic carbocycles. The third-order valence-corrected chi connectivity index (χ3v) is 4.59. The van der Waals surface area contributed by atoms with Gasteiger partial charge >= 0.3 is 0 Å². The summed E-state index contributed by atoms with van der Waals surface area (Å²) in [5.74, 6) is 1.14. The normalized spacial score (nSPS) is 17.1. The van der Waals surface area contributed by atoms with Gasteiger partial charge in [0.15, 0.2) is 0 Å². The zero-order chi connectivity index (χ0) is 14.5. The average molecular weight is 298 g/mol. The van der Waals surface area contributed by atoms with Crippen molar-refractivity contribution in [1.29, 1.82) is 0 Å². The molecule has 1 fully saturated rings. The van der Waals surface area contributed by atoms with E-state index in [-0.39, 0.29) is 16.0 Å². The fourth-order valence-corrected chi connectivity index (χ4v) is 3.23. The summed E-state index contributed by atoms with van der Waals surface area (Å²) in [6, 6.07) is 4.91. The molecule has 5 heteroatoms. The minimum atomic E-state index is -0.388. The molecule has 1 aromatic rings. The number of nitro groups is 1. The number of nitrogens with zero attached hydrogens (tertiary/aromatic N) is 1. The van der Waals surface area contributed by atoms with Gasteiger partial charge in [0.1, 0.15) is 5.75 Å². The van der Waals surface area contributed by atoms with Crippen molar-refractivity contribution in [3.05, 3.63) is 33.9 Å². The number of halogens is 1. The number of methoxy groups -OCH3 is 1. The van der Waals surface area contributed by atoms with E-state index in [1.165, 1.54) is 38.9 Å². The van der Waals surface area contributed by atoms with E-state index in [9.17, 15) is 10.1 Å². The van der Waals surface area contributed by atoms with Gasteiger partial charge in [0.2, 0.25) is 0 Å². The van der Waals surface area contributed by atoms with Gasteiger partial charge in [-0.1, -0.05) is 12.8 Å². The van der Waals surface area contributed by atoms with E-state index >= 15 is 0 Å². The number of ether oxygens (including phenoxy) is 1. The van der Waals surface area contributed by atoms with Gasteiger partial charge in [0.05, 0.1) is 18.1 Å². The summed E-state index contributed by atoms with van der Waals surface area (Å²) in [4.78, 5) is 10.5. The fraction of sp³-hybridized carbons (Fsp3) is 0.600. The van der Waals surface area contributed by atoms with E-state index in [4.69, 9.17) is 16.3 Å². The Kier molecular flexibility index (Phi) is 5.24. The molecular weight excluding hydrogens is 278 g/mol. The zero-order valence-electron chi connectivity index (χ0n) is 11.7. The number of nitro benzene ring substituents is 1. The Morgan fingerprint density at radius 2 is 2.10 bits per heavy atom. The van der Waals surface area contributed by atoms with E-state index < -0.39 is 0 Å². The summed E-state index contributed by atoms with van der Waals surface area (Å²) in [6.45, 7) is 0. The van der Waals surface area contributed by atoms with E-state index in [0.29, 0.717) is 11.7 Å². The quantitative estimate of drug-likeness (QED) is 0.446. The van der Waals surface area contributed by atoms with Crippen molar-refractivity contribution in [2.24, 2.45) is 5.92 Å². The van der Waals surface area contributed by atoms with Gasteiger partial charge in [0.25, 0.3) is 5.69 Å². The van der Waals surface area contributed by atoms with Crippen LogP contribution in [0.25, 0.3) is 0 Å². The lowest BCUT2D eigenvalue weighted by Crippen LogP contribution is -2.12. The molecule has 0 aromatic heterocycles. The van der Waals surface area contributed by atoms with Crippen molar-refractivity contribution >= 4 is 17.3 Å². The van der Waals surface area contributed by atoms with Crippen LogP contribution in [0.2, 0.25) is 0 Å². The molecule has 0 bridgehead atoms. The molecule has 0 saturated heterocycles. The van der Waals surface area contributed by atoms with Crippen molar-refractivity contribution in [3.63, 3.8) is 0 Å². The van der Waals surface area contributed by atoms with Crippen LogP contribution < -0.4 is 4.74 Å². The molecule has 1 aromatic carbocycles.